The molecular weight excluding hydrogens is 304 g/mol. The van der Waals surface area contributed by atoms with Crippen LogP contribution in [0.25, 0.3) is 0 Å². The highest BCUT2D eigenvalue weighted by molar-refractivity contribution is 5.77. The Kier molecular flexibility index (Phi) is 7.03. The van der Waals surface area contributed by atoms with E-state index < -0.39 is 0 Å². The fraction of sp³-hybridized carbons (Fsp3) is 0.611. The molecule has 0 unspecified atom stereocenters. The monoisotopic (exact) mass is 332 g/mol. The van der Waals surface area contributed by atoms with Crippen LogP contribution >= 0.6 is 0 Å². The molecule has 0 saturated carbocycles. The number of hydrogen-bond donors (Lipinski definition) is 2. The van der Waals surface area contributed by atoms with Gasteiger partial charge in [-0.25, -0.2) is 4.79 Å². The van der Waals surface area contributed by atoms with Crippen LogP contribution in [0.2, 0.25) is 0 Å². The first-order chi connectivity index (χ1) is 11.5. The maximum absolute atomic E-state index is 12.2. The lowest BCUT2D eigenvalue weighted by Gasteiger charge is -2.32. The Morgan fingerprint density at radius 2 is 2.17 bits per heavy atom. The number of amides is 3. The summed E-state index contributed by atoms with van der Waals surface area (Å²) in [6.07, 6.45) is 4.12. The Morgan fingerprint density at radius 1 is 1.33 bits per heavy atom. The average molecular weight is 332 g/mol. The van der Waals surface area contributed by atoms with E-state index >= 15 is 0 Å². The van der Waals surface area contributed by atoms with Crippen molar-refractivity contribution >= 4 is 11.9 Å². The Morgan fingerprint density at radius 3 is 2.88 bits per heavy atom. The molecule has 1 aliphatic heterocycles. The van der Waals surface area contributed by atoms with Gasteiger partial charge in [-0.05, 0) is 36.8 Å². The van der Waals surface area contributed by atoms with Crippen molar-refractivity contribution in [1.29, 1.82) is 0 Å². The van der Waals surface area contributed by atoms with Crippen molar-refractivity contribution < 1.29 is 9.59 Å². The maximum Gasteiger partial charge on any atom is 0.317 e. The van der Waals surface area contributed by atoms with Gasteiger partial charge in [0.25, 0.3) is 0 Å². The topological polar surface area (TPSA) is 74.3 Å². The average Bonchev–Trinajstić information content (AvgIpc) is 2.59. The number of nitrogens with zero attached hydrogens (tertiary/aromatic N) is 2. The van der Waals surface area contributed by atoms with Crippen LogP contribution < -0.4 is 10.6 Å². The van der Waals surface area contributed by atoms with Crippen molar-refractivity contribution in [1.82, 2.24) is 20.5 Å². The van der Waals surface area contributed by atoms with Crippen LogP contribution in [0.5, 0.6) is 0 Å². The third-order valence-electron chi connectivity index (χ3n) is 4.13. The minimum Gasteiger partial charge on any atom is -0.350 e. The molecule has 1 aromatic heterocycles. The lowest BCUT2D eigenvalue weighted by molar-refractivity contribution is -0.122. The number of piperidine rings is 1. The van der Waals surface area contributed by atoms with Crippen LogP contribution in [-0.4, -0.2) is 41.5 Å². The van der Waals surface area contributed by atoms with Crippen molar-refractivity contribution in [2.75, 3.05) is 19.6 Å². The van der Waals surface area contributed by atoms with E-state index in [9.17, 15) is 9.59 Å². The predicted octanol–water partition coefficient (Wildman–Crippen LogP) is 2.17. The quantitative estimate of drug-likeness (QED) is 0.838. The zero-order chi connectivity index (χ0) is 17.4. The Labute approximate surface area is 144 Å². The summed E-state index contributed by atoms with van der Waals surface area (Å²) in [5.41, 5.74) is 0.851. The number of urea groups is 1. The summed E-state index contributed by atoms with van der Waals surface area (Å²) < 4.78 is 0. The van der Waals surface area contributed by atoms with E-state index in [1.807, 2.05) is 23.1 Å². The van der Waals surface area contributed by atoms with E-state index in [2.05, 4.69) is 29.5 Å². The molecule has 0 spiro atoms. The summed E-state index contributed by atoms with van der Waals surface area (Å²) in [5, 5.41) is 5.86. The highest BCUT2D eigenvalue weighted by Gasteiger charge is 2.25. The second-order valence-corrected chi connectivity index (χ2v) is 6.84. The molecule has 3 amide bonds. The molecule has 2 N–H and O–H groups in total. The highest BCUT2D eigenvalue weighted by Crippen LogP contribution is 2.19. The van der Waals surface area contributed by atoms with Crippen molar-refractivity contribution in [3.05, 3.63) is 30.1 Å². The summed E-state index contributed by atoms with van der Waals surface area (Å²) in [5.74, 6) is 0.689. The van der Waals surface area contributed by atoms with Gasteiger partial charge in [0, 0.05) is 32.3 Å². The van der Waals surface area contributed by atoms with Crippen LogP contribution in [0.4, 0.5) is 4.79 Å². The summed E-state index contributed by atoms with van der Waals surface area (Å²) in [4.78, 5) is 30.3. The second-order valence-electron chi connectivity index (χ2n) is 6.84. The summed E-state index contributed by atoms with van der Waals surface area (Å²) in [7, 11) is 0. The fourth-order valence-corrected chi connectivity index (χ4v) is 2.85. The zero-order valence-corrected chi connectivity index (χ0v) is 14.6. The third-order valence-corrected chi connectivity index (χ3v) is 4.13. The van der Waals surface area contributed by atoms with Crippen LogP contribution in [0.3, 0.4) is 0 Å². The normalized spacial score (nSPS) is 17.6. The number of aromatic nitrogens is 1. The minimum absolute atomic E-state index is 0.0118. The smallest absolute Gasteiger partial charge is 0.317 e. The number of hydrogen-bond acceptors (Lipinski definition) is 3. The van der Waals surface area contributed by atoms with Gasteiger partial charge in [0.05, 0.1) is 12.2 Å². The van der Waals surface area contributed by atoms with Gasteiger partial charge in [-0.2, -0.15) is 0 Å². The van der Waals surface area contributed by atoms with Gasteiger partial charge in [-0.15, -0.1) is 0 Å². The molecular formula is C18H28N4O2. The third kappa shape index (κ3) is 6.18. The van der Waals surface area contributed by atoms with Gasteiger partial charge in [-0.3, -0.25) is 9.78 Å². The Bertz CT molecular complexity index is 533. The summed E-state index contributed by atoms with van der Waals surface area (Å²) in [6, 6.07) is 5.64. The molecule has 6 heteroatoms. The van der Waals surface area contributed by atoms with E-state index in [-0.39, 0.29) is 17.9 Å². The number of nitrogens with one attached hydrogen (secondary N) is 2. The first-order valence-electron chi connectivity index (χ1n) is 8.74. The number of likely N-dealkylation sites (tertiary alicyclic amines) is 1. The molecule has 24 heavy (non-hydrogen) atoms. The lowest BCUT2D eigenvalue weighted by atomic mass is 9.94. The van der Waals surface area contributed by atoms with Gasteiger partial charge >= 0.3 is 6.03 Å². The number of carbonyl (C=O) groups is 2. The Balaban J connectivity index is 1.73. The van der Waals surface area contributed by atoms with E-state index in [0.717, 1.165) is 25.1 Å². The SMILES string of the molecule is CC(C)CNC(=O)N1CCC[C@H](CC(=O)NCc2ccccn2)C1. The molecule has 6 nitrogen and oxygen atoms in total. The van der Waals surface area contributed by atoms with Crippen molar-refractivity contribution in [3.63, 3.8) is 0 Å². The van der Waals surface area contributed by atoms with E-state index in [0.29, 0.717) is 32.0 Å². The Hall–Kier alpha value is -2.11. The van der Waals surface area contributed by atoms with E-state index in [1.54, 1.807) is 6.20 Å². The number of carbonyl (C=O) groups excluding carboxylic acids is 2. The molecule has 0 bridgehead atoms. The minimum atomic E-state index is -0.0118. The summed E-state index contributed by atoms with van der Waals surface area (Å²) >= 11 is 0. The van der Waals surface area contributed by atoms with Crippen LogP contribution in [0, 0.1) is 11.8 Å². The van der Waals surface area contributed by atoms with Crippen LogP contribution in [-0.2, 0) is 11.3 Å². The molecule has 1 aromatic rings. The van der Waals surface area contributed by atoms with Crippen molar-refractivity contribution in [2.45, 2.75) is 39.7 Å². The van der Waals surface area contributed by atoms with Gasteiger partial charge in [-0.1, -0.05) is 19.9 Å². The van der Waals surface area contributed by atoms with E-state index in [4.69, 9.17) is 0 Å². The highest BCUT2D eigenvalue weighted by atomic mass is 16.2. The van der Waals surface area contributed by atoms with Gasteiger partial charge in [0.2, 0.25) is 5.91 Å². The molecule has 1 fully saturated rings. The van der Waals surface area contributed by atoms with Crippen LogP contribution in [0.1, 0.15) is 38.8 Å². The van der Waals surface area contributed by atoms with Crippen LogP contribution in [0.15, 0.2) is 24.4 Å². The van der Waals surface area contributed by atoms with Crippen molar-refractivity contribution in [2.24, 2.45) is 11.8 Å². The molecule has 1 saturated heterocycles. The molecule has 0 aliphatic carbocycles. The molecule has 132 valence electrons. The first kappa shape index (κ1) is 18.2. The molecule has 0 radical (unpaired) electrons. The molecule has 1 atom stereocenters. The van der Waals surface area contributed by atoms with Gasteiger partial charge < -0.3 is 15.5 Å². The molecule has 2 heterocycles. The predicted molar refractivity (Wildman–Crippen MR) is 93.2 cm³/mol. The maximum atomic E-state index is 12.2. The largest absolute Gasteiger partial charge is 0.350 e. The first-order valence-corrected chi connectivity index (χ1v) is 8.74. The second kappa shape index (κ2) is 9.25. The fourth-order valence-electron chi connectivity index (χ4n) is 2.85. The standard InChI is InChI=1S/C18H28N4O2/c1-14(2)11-21-18(24)22-9-5-6-15(13-22)10-17(23)20-12-16-7-3-4-8-19-16/h3-4,7-8,14-15H,5-6,9-13H2,1-2H3,(H,20,23)(H,21,24)/t15-/m1/s1. The molecule has 2 rings (SSSR count). The molecule has 1 aliphatic rings. The number of rotatable bonds is 6. The van der Waals surface area contributed by atoms with Gasteiger partial charge in [0.15, 0.2) is 0 Å². The van der Waals surface area contributed by atoms with Gasteiger partial charge in [0.1, 0.15) is 0 Å². The van der Waals surface area contributed by atoms with E-state index in [1.165, 1.54) is 0 Å². The lowest BCUT2D eigenvalue weighted by Crippen LogP contribution is -2.47. The number of pyridine rings is 1. The summed E-state index contributed by atoms with van der Waals surface area (Å²) in [6.45, 7) is 6.71. The molecule has 0 aromatic carbocycles. The zero-order valence-electron chi connectivity index (χ0n) is 14.6. The van der Waals surface area contributed by atoms with Crippen molar-refractivity contribution in [3.8, 4) is 0 Å².